The van der Waals surface area contributed by atoms with Crippen LogP contribution in [0.1, 0.15) is 6.92 Å². The second kappa shape index (κ2) is 6.43. The fraction of sp³-hybridized carbons (Fsp3) is 0.267. The van der Waals surface area contributed by atoms with E-state index in [1.807, 2.05) is 24.3 Å². The lowest BCUT2D eigenvalue weighted by atomic mass is 10.1. The van der Waals surface area contributed by atoms with Gasteiger partial charge in [-0.05, 0) is 18.4 Å². The summed E-state index contributed by atoms with van der Waals surface area (Å²) in [5, 5.41) is 7.99. The van der Waals surface area contributed by atoms with E-state index in [0.29, 0.717) is 13.1 Å². The molecule has 0 aliphatic carbocycles. The van der Waals surface area contributed by atoms with Crippen LogP contribution in [-0.2, 0) is 4.79 Å². The van der Waals surface area contributed by atoms with Crippen LogP contribution in [-0.4, -0.2) is 24.4 Å². The zero-order chi connectivity index (χ0) is 13.7. The number of hydrogen-bond acceptors (Lipinski definition) is 2. The summed E-state index contributed by atoms with van der Waals surface area (Å²) in [6, 6.07) is 14.3. The standard InChI is InChI=1S/C15H17ClN2O/c1-11(16)15(19)18-10-9-17-14-8-4-6-12-5-2-3-7-13(12)14/h2-8,11,17H,9-10H2,1H3,(H,18,19). The summed E-state index contributed by atoms with van der Waals surface area (Å²) < 4.78 is 0. The molecule has 2 aromatic carbocycles. The van der Waals surface area contributed by atoms with E-state index in [4.69, 9.17) is 11.6 Å². The molecule has 0 saturated carbocycles. The Balaban J connectivity index is 1.93. The predicted octanol–water partition coefficient (Wildman–Crippen LogP) is 3.00. The molecule has 0 heterocycles. The van der Waals surface area contributed by atoms with Gasteiger partial charge in [-0.2, -0.15) is 0 Å². The summed E-state index contributed by atoms with van der Waals surface area (Å²) in [6.45, 7) is 2.89. The lowest BCUT2D eigenvalue weighted by Gasteiger charge is -2.11. The molecular weight excluding hydrogens is 260 g/mol. The first kappa shape index (κ1) is 13.7. The van der Waals surface area contributed by atoms with Crippen molar-refractivity contribution in [1.82, 2.24) is 5.32 Å². The summed E-state index contributed by atoms with van der Waals surface area (Å²) in [5.74, 6) is -0.138. The van der Waals surface area contributed by atoms with E-state index in [-0.39, 0.29) is 5.91 Å². The van der Waals surface area contributed by atoms with E-state index < -0.39 is 5.38 Å². The van der Waals surface area contributed by atoms with Crippen molar-refractivity contribution in [2.75, 3.05) is 18.4 Å². The average molecular weight is 277 g/mol. The van der Waals surface area contributed by atoms with Crippen molar-refractivity contribution in [1.29, 1.82) is 0 Å². The molecule has 0 saturated heterocycles. The maximum atomic E-state index is 11.3. The third kappa shape index (κ3) is 3.61. The van der Waals surface area contributed by atoms with Gasteiger partial charge in [0, 0.05) is 24.2 Å². The smallest absolute Gasteiger partial charge is 0.237 e. The molecule has 19 heavy (non-hydrogen) atoms. The normalized spacial score (nSPS) is 12.1. The molecule has 3 nitrogen and oxygen atoms in total. The summed E-state index contributed by atoms with van der Waals surface area (Å²) in [7, 11) is 0. The fourth-order valence-electron chi connectivity index (χ4n) is 1.90. The largest absolute Gasteiger partial charge is 0.383 e. The highest BCUT2D eigenvalue weighted by atomic mass is 35.5. The molecule has 100 valence electrons. The predicted molar refractivity (Wildman–Crippen MR) is 80.8 cm³/mol. The van der Waals surface area contributed by atoms with Gasteiger partial charge in [-0.3, -0.25) is 4.79 Å². The third-order valence-electron chi connectivity index (χ3n) is 2.89. The highest BCUT2D eigenvalue weighted by molar-refractivity contribution is 6.30. The first-order valence-corrected chi connectivity index (χ1v) is 6.75. The Morgan fingerprint density at radius 2 is 1.89 bits per heavy atom. The average Bonchev–Trinajstić information content (AvgIpc) is 2.43. The zero-order valence-electron chi connectivity index (χ0n) is 10.8. The summed E-state index contributed by atoms with van der Waals surface area (Å²) in [4.78, 5) is 11.3. The van der Waals surface area contributed by atoms with Gasteiger partial charge in [0.2, 0.25) is 5.91 Å². The molecule has 0 aromatic heterocycles. The number of anilines is 1. The molecule has 1 atom stereocenters. The van der Waals surface area contributed by atoms with E-state index in [1.54, 1.807) is 6.92 Å². The molecule has 2 aromatic rings. The fourth-order valence-corrected chi connectivity index (χ4v) is 1.98. The van der Waals surface area contributed by atoms with Crippen LogP contribution in [0.3, 0.4) is 0 Å². The highest BCUT2D eigenvalue weighted by Gasteiger charge is 2.07. The van der Waals surface area contributed by atoms with Crippen molar-refractivity contribution in [2.45, 2.75) is 12.3 Å². The van der Waals surface area contributed by atoms with E-state index in [2.05, 4.69) is 28.8 Å². The van der Waals surface area contributed by atoms with Crippen molar-refractivity contribution >= 4 is 34.0 Å². The number of nitrogens with one attached hydrogen (secondary N) is 2. The van der Waals surface area contributed by atoms with Crippen LogP contribution < -0.4 is 10.6 Å². The molecule has 2 N–H and O–H groups in total. The maximum absolute atomic E-state index is 11.3. The topological polar surface area (TPSA) is 41.1 Å². The third-order valence-corrected chi connectivity index (χ3v) is 3.09. The minimum atomic E-state index is -0.488. The molecule has 2 rings (SSSR count). The number of hydrogen-bond donors (Lipinski definition) is 2. The van der Waals surface area contributed by atoms with Gasteiger partial charge in [-0.15, -0.1) is 11.6 Å². The summed E-state index contributed by atoms with van der Waals surface area (Å²) in [6.07, 6.45) is 0. The first-order valence-electron chi connectivity index (χ1n) is 6.32. The van der Waals surface area contributed by atoms with Crippen LogP contribution in [0.2, 0.25) is 0 Å². The van der Waals surface area contributed by atoms with Crippen LogP contribution in [0.5, 0.6) is 0 Å². The van der Waals surface area contributed by atoms with Crippen molar-refractivity contribution in [2.24, 2.45) is 0 Å². The maximum Gasteiger partial charge on any atom is 0.237 e. The number of halogens is 1. The number of benzene rings is 2. The molecule has 0 radical (unpaired) electrons. The molecule has 1 amide bonds. The number of rotatable bonds is 5. The lowest BCUT2D eigenvalue weighted by Crippen LogP contribution is -2.33. The molecule has 4 heteroatoms. The molecule has 0 fully saturated rings. The van der Waals surface area contributed by atoms with Crippen molar-refractivity contribution in [3.63, 3.8) is 0 Å². The molecule has 0 aliphatic rings. The minimum Gasteiger partial charge on any atom is -0.383 e. The van der Waals surface area contributed by atoms with Gasteiger partial charge in [0.05, 0.1) is 0 Å². The van der Waals surface area contributed by atoms with E-state index in [0.717, 1.165) is 5.69 Å². The number of amides is 1. The van der Waals surface area contributed by atoms with Gasteiger partial charge in [0.15, 0.2) is 0 Å². The van der Waals surface area contributed by atoms with Gasteiger partial charge < -0.3 is 10.6 Å². The van der Waals surface area contributed by atoms with Gasteiger partial charge in [-0.1, -0.05) is 36.4 Å². The van der Waals surface area contributed by atoms with E-state index >= 15 is 0 Å². The summed E-state index contributed by atoms with van der Waals surface area (Å²) in [5.41, 5.74) is 1.08. The lowest BCUT2D eigenvalue weighted by molar-refractivity contribution is -0.120. The Bertz CT molecular complexity index is 564. The first-order chi connectivity index (χ1) is 9.18. The van der Waals surface area contributed by atoms with Crippen molar-refractivity contribution in [3.05, 3.63) is 42.5 Å². The van der Waals surface area contributed by atoms with Gasteiger partial charge in [-0.25, -0.2) is 0 Å². The molecule has 0 bridgehead atoms. The molecule has 1 unspecified atom stereocenters. The van der Waals surface area contributed by atoms with Crippen LogP contribution in [0.25, 0.3) is 10.8 Å². The van der Waals surface area contributed by atoms with Gasteiger partial charge in [0.25, 0.3) is 0 Å². The van der Waals surface area contributed by atoms with Crippen LogP contribution in [0, 0.1) is 0 Å². The molecule has 0 spiro atoms. The van der Waals surface area contributed by atoms with E-state index in [9.17, 15) is 4.79 Å². The van der Waals surface area contributed by atoms with Crippen LogP contribution in [0.15, 0.2) is 42.5 Å². The SMILES string of the molecule is CC(Cl)C(=O)NCCNc1cccc2ccccc12. The highest BCUT2D eigenvalue weighted by Crippen LogP contribution is 2.22. The Kier molecular flexibility index (Phi) is 4.63. The Labute approximate surface area is 118 Å². The van der Waals surface area contributed by atoms with Crippen molar-refractivity contribution < 1.29 is 4.79 Å². The Morgan fingerprint density at radius 3 is 2.68 bits per heavy atom. The zero-order valence-corrected chi connectivity index (χ0v) is 11.6. The second-order valence-corrected chi connectivity index (χ2v) is 5.02. The van der Waals surface area contributed by atoms with Crippen molar-refractivity contribution in [3.8, 4) is 0 Å². The monoisotopic (exact) mass is 276 g/mol. The quantitative estimate of drug-likeness (QED) is 0.651. The Hall–Kier alpha value is -1.74. The molecule has 0 aliphatic heterocycles. The van der Waals surface area contributed by atoms with Gasteiger partial charge >= 0.3 is 0 Å². The summed E-state index contributed by atoms with van der Waals surface area (Å²) >= 11 is 5.67. The minimum absolute atomic E-state index is 0.138. The number of alkyl halides is 1. The second-order valence-electron chi connectivity index (χ2n) is 4.36. The van der Waals surface area contributed by atoms with Gasteiger partial charge in [0.1, 0.15) is 5.38 Å². The molecular formula is C15H17ClN2O. The number of fused-ring (bicyclic) bond motifs is 1. The Morgan fingerprint density at radius 1 is 1.16 bits per heavy atom. The van der Waals surface area contributed by atoms with Crippen LogP contribution in [0.4, 0.5) is 5.69 Å². The number of carbonyl (C=O) groups excluding carboxylic acids is 1. The van der Waals surface area contributed by atoms with Crippen LogP contribution >= 0.6 is 11.6 Å². The van der Waals surface area contributed by atoms with E-state index in [1.165, 1.54) is 10.8 Å². The number of carbonyl (C=O) groups is 1.